The van der Waals surface area contributed by atoms with Gasteiger partial charge in [-0.15, -0.1) is 0 Å². The van der Waals surface area contributed by atoms with Crippen molar-refractivity contribution in [3.63, 3.8) is 0 Å². The zero-order chi connectivity index (χ0) is 16.1. The molecule has 1 aromatic rings. The van der Waals surface area contributed by atoms with Gasteiger partial charge < -0.3 is 27.7 Å². The van der Waals surface area contributed by atoms with Crippen molar-refractivity contribution in [1.82, 2.24) is 0 Å². The number of thiocarbonyl (C=S) groups is 1. The Balaban J connectivity index is -0.0000000935. The van der Waals surface area contributed by atoms with Crippen LogP contribution in [0.3, 0.4) is 0 Å². The van der Waals surface area contributed by atoms with Gasteiger partial charge in [0, 0.05) is 5.69 Å². The summed E-state index contributed by atoms with van der Waals surface area (Å²) in [5.41, 5.74) is 7.88. The number of carbonyl (C=O) groups is 1. The summed E-state index contributed by atoms with van der Waals surface area (Å²) in [5.74, 6) is 0.283. The summed E-state index contributed by atoms with van der Waals surface area (Å²) in [4.78, 5) is 11.2. The number of phenols is 1. The number of aryl methyl sites for hydroxylation is 2. The van der Waals surface area contributed by atoms with E-state index in [1.54, 1.807) is 6.07 Å². The molecule has 0 aliphatic heterocycles. The van der Waals surface area contributed by atoms with E-state index in [1.165, 1.54) is 6.42 Å². The van der Waals surface area contributed by atoms with Crippen molar-refractivity contribution >= 4 is 29.5 Å². The predicted molar refractivity (Wildman–Crippen MR) is 82.2 cm³/mol. The van der Waals surface area contributed by atoms with Gasteiger partial charge >= 0.3 is 103 Å². The van der Waals surface area contributed by atoms with Gasteiger partial charge in [-0.3, -0.25) is 4.79 Å². The molecule has 0 saturated carbocycles. The van der Waals surface area contributed by atoms with Crippen molar-refractivity contribution in [1.29, 1.82) is 0 Å². The van der Waals surface area contributed by atoms with Crippen molar-refractivity contribution in [2.45, 2.75) is 34.1 Å². The Hall–Kier alpha value is 1.41. The second-order valence-corrected chi connectivity index (χ2v) is 4.28. The Morgan fingerprint density at radius 3 is 2.14 bits per heavy atom. The standard InChI is InChI=1S/C9H12N2OS.C3H8.CH2O3.2K.H/c1-5-4-8(12)6(2)3-7(5)11-9(10)13;1-3-2;2-1-4-3;;;/h3-4,12H,1-2H3,(H3,10,11,13);3H2,1-2H3;1,3H;;;/q;;;2*+1;-1/p-1. The Kier molecular flexibility index (Phi) is 29.0. The zero-order valence-electron chi connectivity index (χ0n) is 15.1. The molecule has 6 nitrogen and oxygen atoms in total. The van der Waals surface area contributed by atoms with E-state index in [0.29, 0.717) is 0 Å². The van der Waals surface area contributed by atoms with E-state index in [1.807, 2.05) is 19.9 Å². The van der Waals surface area contributed by atoms with Gasteiger partial charge in [-0.25, -0.2) is 0 Å². The first-order chi connectivity index (χ1) is 9.33. The van der Waals surface area contributed by atoms with E-state index in [9.17, 15) is 5.11 Å². The number of nitrogens with two attached hydrogens (primary N) is 1. The Bertz CT molecular complexity index is 441. The van der Waals surface area contributed by atoms with E-state index >= 15 is 0 Å². The molecular weight excluding hydrogens is 358 g/mol. The number of carbonyl (C=O) groups excluding carboxylic acids is 1. The Morgan fingerprint density at radius 2 is 1.82 bits per heavy atom. The van der Waals surface area contributed by atoms with Crippen LogP contribution in [0.25, 0.3) is 0 Å². The largest absolute Gasteiger partial charge is 1.00 e. The number of aromatic hydroxyl groups is 1. The van der Waals surface area contributed by atoms with Gasteiger partial charge in [0.15, 0.2) is 5.11 Å². The number of rotatable bonds is 2. The molecule has 0 unspecified atom stereocenters. The molecule has 0 saturated heterocycles. The Labute approximate surface area is 223 Å². The van der Waals surface area contributed by atoms with Crippen LogP contribution in [0.15, 0.2) is 12.1 Å². The smallest absolute Gasteiger partial charge is 1.00 e. The second kappa shape index (κ2) is 20.5. The van der Waals surface area contributed by atoms with E-state index < -0.39 is 0 Å². The van der Waals surface area contributed by atoms with Crippen LogP contribution in [0.5, 0.6) is 5.75 Å². The maximum atomic E-state index is 9.37. The number of hydrogen-bond donors (Lipinski definition) is 3. The average molecular weight is 381 g/mol. The SMILES string of the molecule is CCC.Cc1cc(NC(N)=S)c(C)cc1O.O=CO[O-].[H-].[K+].[K+]. The molecule has 0 aromatic heterocycles. The summed E-state index contributed by atoms with van der Waals surface area (Å²) in [6.07, 6.45) is 1.25. The minimum Gasteiger partial charge on any atom is -1.00 e. The molecule has 0 aliphatic rings. The summed E-state index contributed by atoms with van der Waals surface area (Å²) in [7, 11) is 0. The molecule has 0 heterocycles. The maximum absolute atomic E-state index is 9.37. The molecule has 0 bridgehead atoms. The first-order valence-electron chi connectivity index (χ1n) is 5.92. The van der Waals surface area contributed by atoms with Crippen LogP contribution in [0, 0.1) is 13.8 Å². The van der Waals surface area contributed by atoms with Crippen LogP contribution in [0.1, 0.15) is 32.8 Å². The molecule has 0 radical (unpaired) electrons. The summed E-state index contributed by atoms with van der Waals surface area (Å²) < 4.78 is 0. The molecule has 9 heteroatoms. The molecule has 0 spiro atoms. The topological polar surface area (TPSA) is 108 Å². The minimum absolute atomic E-state index is 0. The van der Waals surface area contributed by atoms with Gasteiger partial charge in [0.05, 0.1) is 0 Å². The quantitative estimate of drug-likeness (QED) is 0.119. The van der Waals surface area contributed by atoms with Crippen LogP contribution in [-0.2, 0) is 9.68 Å². The number of anilines is 1. The third-order valence-corrected chi connectivity index (χ3v) is 1.94. The van der Waals surface area contributed by atoms with Crippen LogP contribution < -0.4 is 119 Å². The first kappa shape index (κ1) is 31.2. The van der Waals surface area contributed by atoms with Gasteiger partial charge in [-0.2, -0.15) is 0 Å². The van der Waals surface area contributed by atoms with Crippen molar-refractivity contribution in [3.8, 4) is 5.75 Å². The van der Waals surface area contributed by atoms with E-state index in [-0.39, 0.29) is 122 Å². The fourth-order valence-corrected chi connectivity index (χ4v) is 1.18. The fourth-order valence-electron chi connectivity index (χ4n) is 1.07. The Morgan fingerprint density at radius 1 is 1.41 bits per heavy atom. The van der Waals surface area contributed by atoms with Crippen LogP contribution in [-0.4, -0.2) is 16.7 Å². The van der Waals surface area contributed by atoms with Gasteiger partial charge in [0.1, 0.15) is 5.75 Å². The first-order valence-corrected chi connectivity index (χ1v) is 6.33. The zero-order valence-corrected chi connectivity index (χ0v) is 21.2. The average Bonchev–Trinajstić information content (AvgIpc) is 2.37. The van der Waals surface area contributed by atoms with Crippen molar-refractivity contribution in [2.75, 3.05) is 5.32 Å². The van der Waals surface area contributed by atoms with E-state index in [4.69, 9.17) is 28.0 Å². The number of benzene rings is 1. The minimum atomic E-state index is -0.181. The van der Waals surface area contributed by atoms with Gasteiger partial charge in [-0.05, 0) is 49.3 Å². The van der Waals surface area contributed by atoms with Gasteiger partial charge in [0.2, 0.25) is 0 Å². The predicted octanol–water partition coefficient (Wildman–Crippen LogP) is -4.36. The molecule has 0 aliphatic carbocycles. The van der Waals surface area contributed by atoms with E-state index in [0.717, 1.165) is 16.8 Å². The maximum Gasteiger partial charge on any atom is 1.00 e. The molecule has 116 valence electrons. The van der Waals surface area contributed by atoms with Gasteiger partial charge in [-0.1, -0.05) is 20.3 Å². The summed E-state index contributed by atoms with van der Waals surface area (Å²) in [6, 6.07) is 3.49. The fraction of sp³-hybridized carbons (Fsp3) is 0.385. The third-order valence-electron chi connectivity index (χ3n) is 1.84. The van der Waals surface area contributed by atoms with E-state index in [2.05, 4.69) is 24.1 Å². The molecule has 0 amide bonds. The van der Waals surface area contributed by atoms with Crippen molar-refractivity contribution in [3.05, 3.63) is 23.3 Å². The van der Waals surface area contributed by atoms with Gasteiger partial charge in [0.25, 0.3) is 6.47 Å². The monoisotopic (exact) mass is 380 g/mol. The molecule has 22 heavy (non-hydrogen) atoms. The number of nitrogens with one attached hydrogen (secondary N) is 1. The summed E-state index contributed by atoms with van der Waals surface area (Å²) in [6.45, 7) is 7.76. The third kappa shape index (κ3) is 17.8. The molecule has 0 fully saturated rings. The van der Waals surface area contributed by atoms with Crippen LogP contribution in [0.2, 0.25) is 0 Å². The van der Waals surface area contributed by atoms with Crippen molar-refractivity contribution < 1.29 is 124 Å². The van der Waals surface area contributed by atoms with Crippen molar-refractivity contribution in [2.24, 2.45) is 5.73 Å². The molecule has 1 aromatic carbocycles. The second-order valence-electron chi connectivity index (χ2n) is 3.84. The summed E-state index contributed by atoms with van der Waals surface area (Å²) in [5, 5.41) is 20.9. The molecule has 1 rings (SSSR count). The number of phenolic OH excluding ortho intramolecular Hbond substituents is 1. The number of hydrogen-bond acceptors (Lipinski definition) is 5. The normalized spacial score (nSPS) is 7.50. The molecule has 4 N–H and O–H groups in total. The molecule has 0 atom stereocenters. The molecular formula is C13H22K2N2O4S. The summed E-state index contributed by atoms with van der Waals surface area (Å²) >= 11 is 4.72. The van der Waals surface area contributed by atoms with Crippen LogP contribution >= 0.6 is 12.2 Å². The van der Waals surface area contributed by atoms with Crippen LogP contribution in [0.4, 0.5) is 5.69 Å².